The van der Waals surface area contributed by atoms with Crippen molar-refractivity contribution in [3.8, 4) is 5.75 Å². The Bertz CT molecular complexity index is 2740. The van der Waals surface area contributed by atoms with Gasteiger partial charge >= 0.3 is 0 Å². The van der Waals surface area contributed by atoms with Crippen LogP contribution in [0, 0.1) is 0 Å². The number of H-pyrrole nitrogens is 1. The summed E-state index contributed by atoms with van der Waals surface area (Å²) in [5, 5.41) is 49.6. The highest BCUT2D eigenvalue weighted by Gasteiger charge is 2.40. The first-order valence-electron chi connectivity index (χ1n) is 25.0. The van der Waals surface area contributed by atoms with Gasteiger partial charge in [-0.05, 0) is 75.4 Å². The molecule has 424 valence electrons. The van der Waals surface area contributed by atoms with E-state index in [0.29, 0.717) is 22.0 Å². The molecular weight excluding hydrogens is 1050 g/mol. The maximum Gasteiger partial charge on any atom is 0.245 e. The van der Waals surface area contributed by atoms with Gasteiger partial charge in [0.1, 0.15) is 48.0 Å². The number of aromatic hydroxyl groups is 1. The lowest BCUT2D eigenvalue weighted by molar-refractivity contribution is -0.137. The van der Waals surface area contributed by atoms with E-state index in [2.05, 4.69) is 72.5 Å². The molecule has 26 heteroatoms. The first-order valence-corrected chi connectivity index (χ1v) is 26.1. The van der Waals surface area contributed by atoms with E-state index in [0.717, 1.165) is 5.56 Å². The van der Waals surface area contributed by atoms with Crippen molar-refractivity contribution < 1.29 is 53.7 Å². The Balaban J connectivity index is 1.68. The Kier molecular flexibility index (Phi) is 23.8. The number of phenolic OH excluding ortho intramolecular Hbond substituents is 1. The lowest BCUT2D eigenvalue weighted by Crippen LogP contribution is -2.64. The highest BCUT2D eigenvalue weighted by atomic mass is 32.1. The Labute approximate surface area is 462 Å². The molecule has 1 aromatic heterocycles. The molecule has 0 aliphatic carbocycles. The summed E-state index contributed by atoms with van der Waals surface area (Å²) in [6, 6.07) is 10.3. The van der Waals surface area contributed by atoms with Crippen LogP contribution in [0.2, 0.25) is 0 Å². The quantitative estimate of drug-likeness (QED) is 0.0123. The van der Waals surface area contributed by atoms with Crippen LogP contribution in [-0.2, 0) is 51.2 Å². The van der Waals surface area contributed by atoms with Gasteiger partial charge in [0, 0.05) is 52.9 Å². The molecule has 3 aromatic carbocycles. The number of carbonyl (C=O) groups excluding carboxylic acids is 8. The molecule has 1 heterocycles. The second-order valence-corrected chi connectivity index (χ2v) is 21.0. The number of nitrogens with two attached hydrogens (primary N) is 4. The van der Waals surface area contributed by atoms with Crippen LogP contribution in [0.1, 0.15) is 70.1 Å². The van der Waals surface area contributed by atoms with E-state index < -0.39 is 118 Å². The zero-order chi connectivity index (χ0) is 58.0. The number of aliphatic hydroxyl groups excluding tert-OH is 2. The van der Waals surface area contributed by atoms with Gasteiger partial charge < -0.3 is 80.5 Å². The number of hydrogen-bond donors (Lipinski definition) is 17. The van der Waals surface area contributed by atoms with Gasteiger partial charge in [0.2, 0.25) is 47.3 Å². The number of carbonyl (C=O) groups is 8. The van der Waals surface area contributed by atoms with Gasteiger partial charge in [-0.1, -0.05) is 67.6 Å². The van der Waals surface area contributed by atoms with Crippen LogP contribution in [0.15, 0.2) is 90.1 Å². The van der Waals surface area contributed by atoms with Crippen molar-refractivity contribution in [2.75, 3.05) is 12.3 Å². The van der Waals surface area contributed by atoms with Crippen LogP contribution in [0.5, 0.6) is 5.75 Å². The van der Waals surface area contributed by atoms with E-state index in [-0.39, 0.29) is 49.7 Å². The molecule has 0 aliphatic heterocycles. The van der Waals surface area contributed by atoms with Crippen molar-refractivity contribution in [3.63, 3.8) is 0 Å². The molecule has 0 saturated heterocycles. The standard InChI is InChI=1S/C52H73N13O11S2/c1-26(30-12-7-6-8-13-30)39(53)48(74)62-38(25-77)47(73)60-36(22-29-17-19-32(68)20-18-29)45(71)61-37(23-31-24-58-34-15-10-9-14-33(31)34)46(72)59-35(16-11-21-57-51(55)56)44(70)64-41(28(3)67)49(75)65-42(52(4,5)78)50(76)63-40(27(2)66)43(54)69/h6-10,12-15,17-20,24,26-28,35-42,58,66-68,77-78H,11,16,21-23,25,53H2,1-5H3,(H2,54,69)(H,59,72)(H,60,73)(H,61,71)(H,62,74)(H,63,76)(H,64,70)(H,65,75)(H4,55,56,57)/t26?,27-,28-,35+,36+,37-,38+,39+,40+,41+,42-/m1/s1. The third-order valence-electron chi connectivity index (χ3n) is 12.7. The zero-order valence-electron chi connectivity index (χ0n) is 43.9. The number of thiol groups is 2. The zero-order valence-corrected chi connectivity index (χ0v) is 45.7. The normalized spacial score (nSPS) is 15.7. The van der Waals surface area contributed by atoms with E-state index in [4.69, 9.17) is 22.9 Å². The van der Waals surface area contributed by atoms with Crippen LogP contribution in [-0.4, -0.2) is 151 Å². The number of phenols is 1. The van der Waals surface area contributed by atoms with E-state index in [9.17, 15) is 53.7 Å². The molecule has 24 nitrogen and oxygen atoms in total. The third-order valence-corrected chi connectivity index (χ3v) is 13.3. The van der Waals surface area contributed by atoms with Crippen molar-refractivity contribution in [1.82, 2.24) is 42.2 Å². The molecule has 4 rings (SSSR count). The minimum absolute atomic E-state index is 0.0191. The number of aliphatic hydroxyl groups is 2. The van der Waals surface area contributed by atoms with Gasteiger partial charge in [-0.2, -0.15) is 25.3 Å². The van der Waals surface area contributed by atoms with Crippen LogP contribution >= 0.6 is 25.3 Å². The van der Waals surface area contributed by atoms with Crippen LogP contribution in [0.25, 0.3) is 10.9 Å². The molecular formula is C52H73N13O11S2. The van der Waals surface area contributed by atoms with Gasteiger partial charge in [0.05, 0.1) is 18.2 Å². The molecule has 0 aliphatic rings. The van der Waals surface area contributed by atoms with E-state index in [1.807, 2.05) is 18.2 Å². The van der Waals surface area contributed by atoms with Crippen LogP contribution < -0.4 is 60.2 Å². The Morgan fingerprint density at radius 1 is 0.641 bits per heavy atom. The smallest absolute Gasteiger partial charge is 0.245 e. The average molecular weight is 1120 g/mol. The molecule has 0 radical (unpaired) electrons. The number of primary amides is 1. The number of para-hydroxylation sites is 1. The number of amides is 8. The fourth-order valence-electron chi connectivity index (χ4n) is 8.17. The predicted octanol–water partition coefficient (Wildman–Crippen LogP) is -1.88. The number of hydrogen-bond acceptors (Lipinski definition) is 15. The van der Waals surface area contributed by atoms with Crippen molar-refractivity contribution in [2.24, 2.45) is 27.9 Å². The van der Waals surface area contributed by atoms with Crippen LogP contribution in [0.3, 0.4) is 0 Å². The second kappa shape index (κ2) is 29.4. The minimum Gasteiger partial charge on any atom is -0.508 e. The number of aromatic amines is 1. The summed E-state index contributed by atoms with van der Waals surface area (Å²) in [5.74, 6) is -8.40. The fraction of sp³-hybridized carbons (Fsp3) is 0.442. The number of guanidine groups is 1. The van der Waals surface area contributed by atoms with Crippen molar-refractivity contribution in [1.29, 1.82) is 0 Å². The Morgan fingerprint density at radius 2 is 1.17 bits per heavy atom. The first-order chi connectivity index (χ1) is 36.7. The summed E-state index contributed by atoms with van der Waals surface area (Å²) in [7, 11) is 0. The molecule has 8 amide bonds. The molecule has 0 fully saturated rings. The summed E-state index contributed by atoms with van der Waals surface area (Å²) in [6.45, 7) is 7.06. The van der Waals surface area contributed by atoms with Gasteiger partial charge in [-0.3, -0.25) is 43.3 Å². The molecule has 11 atom stereocenters. The number of nitrogens with one attached hydrogen (secondary N) is 8. The number of aliphatic imine (C=N–C) groups is 1. The van der Waals surface area contributed by atoms with E-state index in [1.54, 1.807) is 49.5 Å². The van der Waals surface area contributed by atoms with E-state index in [1.165, 1.54) is 52.0 Å². The maximum absolute atomic E-state index is 14.8. The number of benzene rings is 3. The van der Waals surface area contributed by atoms with Crippen LogP contribution in [0.4, 0.5) is 0 Å². The van der Waals surface area contributed by atoms with Crippen molar-refractivity contribution in [3.05, 3.63) is 102 Å². The third kappa shape index (κ3) is 18.7. The molecule has 0 spiro atoms. The maximum atomic E-state index is 14.8. The highest BCUT2D eigenvalue weighted by molar-refractivity contribution is 7.81. The number of aromatic nitrogens is 1. The summed E-state index contributed by atoms with van der Waals surface area (Å²) in [4.78, 5) is 118. The largest absolute Gasteiger partial charge is 0.508 e. The number of rotatable bonds is 29. The van der Waals surface area contributed by atoms with Gasteiger partial charge in [-0.15, -0.1) is 0 Å². The van der Waals surface area contributed by atoms with Gasteiger partial charge in [0.15, 0.2) is 5.96 Å². The summed E-state index contributed by atoms with van der Waals surface area (Å²) < 4.78 is -1.36. The second-order valence-electron chi connectivity index (χ2n) is 19.5. The topological polar surface area (TPSA) is 414 Å². The average Bonchev–Trinajstić information content (AvgIpc) is 3.81. The lowest BCUT2D eigenvalue weighted by Gasteiger charge is -2.33. The van der Waals surface area contributed by atoms with E-state index >= 15 is 0 Å². The number of nitrogens with zero attached hydrogens (tertiary/aromatic N) is 1. The van der Waals surface area contributed by atoms with Gasteiger partial charge in [0.25, 0.3) is 0 Å². The molecule has 0 saturated carbocycles. The molecule has 4 aromatic rings. The Hall–Kier alpha value is -7.39. The summed E-state index contributed by atoms with van der Waals surface area (Å²) >= 11 is 8.77. The van der Waals surface area contributed by atoms with Crippen molar-refractivity contribution in [2.45, 2.75) is 132 Å². The SMILES string of the molecule is CC(c1ccccc1)[C@H](N)C(=O)N[C@@H](CS)C(=O)N[C@@H](Cc1ccc(O)cc1)C(=O)N[C@H](Cc1c[nH]c2ccccc12)C(=O)N[C@@H](CCCN=C(N)N)C(=O)N[C@H](C(=O)N[C@H](C(=O)N[C@H](C(N)=O)[C@@H](C)O)C(C)(C)S)[C@@H](C)O. The minimum atomic E-state index is -1.79. The first kappa shape index (κ1) is 63.1. The lowest BCUT2D eigenvalue weighted by atomic mass is 9.93. The Morgan fingerprint density at radius 3 is 1.73 bits per heavy atom. The summed E-state index contributed by atoms with van der Waals surface area (Å²) in [6.07, 6.45) is -1.90. The molecule has 19 N–H and O–H groups in total. The number of fused-ring (bicyclic) bond motifs is 1. The fourth-order valence-corrected chi connectivity index (χ4v) is 8.61. The monoisotopic (exact) mass is 1120 g/mol. The highest BCUT2D eigenvalue weighted by Crippen LogP contribution is 2.22. The predicted molar refractivity (Wildman–Crippen MR) is 300 cm³/mol. The molecule has 1 unspecified atom stereocenters. The van der Waals surface area contributed by atoms with Gasteiger partial charge in [-0.25, -0.2) is 0 Å². The summed E-state index contributed by atoms with van der Waals surface area (Å²) in [5.41, 5.74) is 25.3. The molecule has 78 heavy (non-hydrogen) atoms. The molecule has 0 bridgehead atoms. The van der Waals surface area contributed by atoms with Crippen molar-refractivity contribution >= 4 is 89.4 Å².